The molecule has 0 saturated heterocycles. The molecule has 6 heteroatoms. The van der Waals surface area contributed by atoms with Gasteiger partial charge in [-0.25, -0.2) is 4.79 Å². The van der Waals surface area contributed by atoms with Crippen molar-refractivity contribution in [2.75, 3.05) is 12.4 Å². The first-order valence-corrected chi connectivity index (χ1v) is 5.06. The van der Waals surface area contributed by atoms with Gasteiger partial charge in [0.2, 0.25) is 0 Å². The van der Waals surface area contributed by atoms with Crippen LogP contribution in [0.5, 0.6) is 0 Å². The van der Waals surface area contributed by atoms with Gasteiger partial charge in [0.05, 0.1) is 22.8 Å². The van der Waals surface area contributed by atoms with Crippen LogP contribution in [0.3, 0.4) is 0 Å². The molecule has 0 heterocycles. The number of anilines is 1. The highest BCUT2D eigenvalue weighted by Crippen LogP contribution is 2.32. The second-order valence-corrected chi connectivity index (χ2v) is 3.80. The number of carbonyl (C=O) groups excluding carboxylic acids is 2. The zero-order valence-corrected chi connectivity index (χ0v) is 10.1. The molecule has 0 saturated carbocycles. The van der Waals surface area contributed by atoms with Crippen LogP contribution in [0.4, 0.5) is 10.5 Å². The summed E-state index contributed by atoms with van der Waals surface area (Å²) in [6.07, 6.45) is -0.681. The maximum Gasteiger partial charge on any atom is 0.411 e. The molecule has 1 rings (SSSR count). The average molecular weight is 262 g/mol. The molecule has 0 bridgehead atoms. The summed E-state index contributed by atoms with van der Waals surface area (Å²) in [5.74, 6) is -0.159. The number of halogens is 2. The number of ketones is 1. The topological polar surface area (TPSA) is 55.4 Å². The van der Waals surface area contributed by atoms with Crippen LogP contribution >= 0.6 is 23.2 Å². The van der Waals surface area contributed by atoms with E-state index in [0.29, 0.717) is 5.56 Å². The highest BCUT2D eigenvalue weighted by molar-refractivity contribution is 6.40. The number of carbonyl (C=O) groups is 2. The van der Waals surface area contributed by atoms with Gasteiger partial charge in [0.25, 0.3) is 0 Å². The van der Waals surface area contributed by atoms with Crippen LogP contribution in [0.15, 0.2) is 12.1 Å². The van der Waals surface area contributed by atoms with Crippen molar-refractivity contribution in [2.45, 2.75) is 6.92 Å². The summed E-state index contributed by atoms with van der Waals surface area (Å²) in [6, 6.07) is 2.86. The Labute approximate surface area is 102 Å². The van der Waals surface area contributed by atoms with Crippen LogP contribution in [-0.4, -0.2) is 19.0 Å². The summed E-state index contributed by atoms with van der Waals surface area (Å²) >= 11 is 11.7. The molecule has 0 aromatic heterocycles. The Kier molecular flexibility index (Phi) is 4.15. The van der Waals surface area contributed by atoms with Crippen LogP contribution in [0.25, 0.3) is 0 Å². The zero-order valence-electron chi connectivity index (χ0n) is 8.64. The minimum atomic E-state index is -0.681. The molecule has 1 N–H and O–H groups in total. The quantitative estimate of drug-likeness (QED) is 0.831. The van der Waals surface area contributed by atoms with Crippen LogP contribution in [0, 0.1) is 0 Å². The highest BCUT2D eigenvalue weighted by atomic mass is 35.5. The van der Waals surface area contributed by atoms with Crippen molar-refractivity contribution in [3.8, 4) is 0 Å². The minimum Gasteiger partial charge on any atom is -0.453 e. The first-order chi connectivity index (χ1) is 7.45. The number of methoxy groups -OCH3 is 1. The van der Waals surface area contributed by atoms with E-state index in [4.69, 9.17) is 23.2 Å². The third kappa shape index (κ3) is 2.87. The molecule has 0 aliphatic heterocycles. The summed E-state index contributed by atoms with van der Waals surface area (Å²) in [5.41, 5.74) is 0.602. The maximum absolute atomic E-state index is 11.1. The monoisotopic (exact) mass is 261 g/mol. The Hall–Kier alpha value is -1.26. The van der Waals surface area contributed by atoms with E-state index >= 15 is 0 Å². The predicted molar refractivity (Wildman–Crippen MR) is 62.5 cm³/mol. The summed E-state index contributed by atoms with van der Waals surface area (Å²) in [5, 5.41) is 2.72. The normalized spacial score (nSPS) is 9.75. The zero-order chi connectivity index (χ0) is 12.3. The summed E-state index contributed by atoms with van der Waals surface area (Å²) < 4.78 is 4.41. The van der Waals surface area contributed by atoms with Gasteiger partial charge in [-0.2, -0.15) is 0 Å². The van der Waals surface area contributed by atoms with E-state index in [1.807, 2.05) is 0 Å². The third-order valence-corrected chi connectivity index (χ3v) is 2.46. The second-order valence-electron chi connectivity index (χ2n) is 2.99. The van der Waals surface area contributed by atoms with Crippen LogP contribution in [0.1, 0.15) is 17.3 Å². The maximum atomic E-state index is 11.1. The van der Waals surface area contributed by atoms with Gasteiger partial charge in [-0.3, -0.25) is 10.1 Å². The van der Waals surface area contributed by atoms with Crippen molar-refractivity contribution in [3.63, 3.8) is 0 Å². The van der Waals surface area contributed by atoms with Crippen molar-refractivity contribution < 1.29 is 14.3 Å². The molecule has 1 amide bonds. The lowest BCUT2D eigenvalue weighted by Crippen LogP contribution is -2.12. The van der Waals surface area contributed by atoms with E-state index < -0.39 is 6.09 Å². The standard InChI is InChI=1S/C10H9Cl2NO3/c1-5(14)6-3-7(11)9(8(12)4-6)13-10(15)16-2/h3-4H,1-2H3,(H,13,15). The van der Waals surface area contributed by atoms with Gasteiger partial charge in [-0.1, -0.05) is 23.2 Å². The summed E-state index contributed by atoms with van der Waals surface area (Å²) in [6.45, 7) is 1.40. The first kappa shape index (κ1) is 12.8. The van der Waals surface area contributed by atoms with Gasteiger partial charge >= 0.3 is 6.09 Å². The van der Waals surface area contributed by atoms with Crippen molar-refractivity contribution in [1.29, 1.82) is 0 Å². The molecule has 0 aliphatic carbocycles. The number of nitrogens with one attached hydrogen (secondary N) is 1. The fraction of sp³-hybridized carbons (Fsp3) is 0.200. The van der Waals surface area contributed by atoms with Gasteiger partial charge in [-0.15, -0.1) is 0 Å². The SMILES string of the molecule is COC(=O)Nc1c(Cl)cc(C(C)=O)cc1Cl. The second kappa shape index (κ2) is 5.18. The molecule has 0 aliphatic rings. The lowest BCUT2D eigenvalue weighted by atomic mass is 10.1. The summed E-state index contributed by atoms with van der Waals surface area (Å²) in [7, 11) is 1.22. The minimum absolute atomic E-state index is 0.159. The molecule has 86 valence electrons. The molecule has 0 spiro atoms. The number of benzene rings is 1. The van der Waals surface area contributed by atoms with E-state index in [1.54, 1.807) is 0 Å². The van der Waals surface area contributed by atoms with Gasteiger partial charge in [0.1, 0.15) is 0 Å². The smallest absolute Gasteiger partial charge is 0.411 e. The fourth-order valence-electron chi connectivity index (χ4n) is 1.05. The predicted octanol–water partition coefficient (Wildman–Crippen LogP) is 3.37. The molecule has 0 unspecified atom stereocenters. The molecule has 0 radical (unpaired) electrons. The number of Topliss-reactive ketones (excluding diaryl/α,β-unsaturated/α-hetero) is 1. The van der Waals surface area contributed by atoms with Crippen LogP contribution in [-0.2, 0) is 4.74 Å². The van der Waals surface area contributed by atoms with Crippen molar-refractivity contribution >= 4 is 40.8 Å². The van der Waals surface area contributed by atoms with Gasteiger partial charge in [-0.05, 0) is 19.1 Å². The van der Waals surface area contributed by atoms with Crippen molar-refractivity contribution in [2.24, 2.45) is 0 Å². The molecule has 4 nitrogen and oxygen atoms in total. The van der Waals surface area contributed by atoms with E-state index in [9.17, 15) is 9.59 Å². The molecule has 0 atom stereocenters. The van der Waals surface area contributed by atoms with Gasteiger partial charge in [0.15, 0.2) is 5.78 Å². The molecule has 0 fully saturated rings. The Morgan fingerprint density at radius 3 is 2.12 bits per heavy atom. The molecule has 1 aromatic carbocycles. The fourth-order valence-corrected chi connectivity index (χ4v) is 1.63. The Balaban J connectivity index is 3.12. The highest BCUT2D eigenvalue weighted by Gasteiger charge is 2.13. The largest absolute Gasteiger partial charge is 0.453 e. The molecular formula is C10H9Cl2NO3. The van der Waals surface area contributed by atoms with E-state index in [1.165, 1.54) is 26.2 Å². The van der Waals surface area contributed by atoms with E-state index in [2.05, 4.69) is 10.1 Å². The van der Waals surface area contributed by atoms with E-state index in [0.717, 1.165) is 0 Å². The van der Waals surface area contributed by atoms with Crippen LogP contribution in [0.2, 0.25) is 10.0 Å². The number of hydrogen-bond donors (Lipinski definition) is 1. The Morgan fingerprint density at radius 1 is 1.25 bits per heavy atom. The average Bonchev–Trinajstić information content (AvgIpc) is 2.22. The molecular weight excluding hydrogens is 253 g/mol. The number of ether oxygens (including phenoxy) is 1. The Morgan fingerprint density at radius 2 is 1.75 bits per heavy atom. The Bertz CT molecular complexity index is 423. The number of amides is 1. The van der Waals surface area contributed by atoms with Crippen molar-refractivity contribution in [3.05, 3.63) is 27.7 Å². The van der Waals surface area contributed by atoms with Crippen LogP contribution < -0.4 is 5.32 Å². The third-order valence-electron chi connectivity index (χ3n) is 1.86. The van der Waals surface area contributed by atoms with E-state index in [-0.39, 0.29) is 21.5 Å². The molecule has 16 heavy (non-hydrogen) atoms. The van der Waals surface area contributed by atoms with Gasteiger partial charge in [0, 0.05) is 5.56 Å². The molecule has 1 aromatic rings. The van der Waals surface area contributed by atoms with Crippen molar-refractivity contribution in [1.82, 2.24) is 0 Å². The number of rotatable bonds is 2. The number of hydrogen-bond acceptors (Lipinski definition) is 3. The summed E-state index contributed by atoms with van der Waals surface area (Å²) in [4.78, 5) is 22.1. The van der Waals surface area contributed by atoms with Gasteiger partial charge < -0.3 is 4.74 Å². The first-order valence-electron chi connectivity index (χ1n) is 4.30. The lowest BCUT2D eigenvalue weighted by molar-refractivity contribution is 0.101. The lowest BCUT2D eigenvalue weighted by Gasteiger charge is -2.09.